The quantitative estimate of drug-likeness (QED) is 0.717. The SMILES string of the molecule is Cc1nc(C)c(C(=O)C2=C(O)C(=O)N(CCOC(C)C)C2c2ccccn2)s1. The van der Waals surface area contributed by atoms with Crippen molar-refractivity contribution in [3.05, 3.63) is 57.0 Å². The fraction of sp³-hybridized carbons (Fsp3) is 0.400. The van der Waals surface area contributed by atoms with Crippen molar-refractivity contribution in [3.63, 3.8) is 0 Å². The van der Waals surface area contributed by atoms with Gasteiger partial charge in [-0.3, -0.25) is 14.6 Å². The summed E-state index contributed by atoms with van der Waals surface area (Å²) < 4.78 is 5.57. The van der Waals surface area contributed by atoms with Crippen LogP contribution in [0.3, 0.4) is 0 Å². The molecule has 0 radical (unpaired) electrons. The van der Waals surface area contributed by atoms with E-state index in [0.29, 0.717) is 22.9 Å². The lowest BCUT2D eigenvalue weighted by molar-refractivity contribution is -0.130. The zero-order chi connectivity index (χ0) is 20.4. The van der Waals surface area contributed by atoms with Gasteiger partial charge in [0.05, 0.1) is 39.6 Å². The first-order chi connectivity index (χ1) is 13.3. The minimum absolute atomic E-state index is 0.0106. The number of pyridine rings is 1. The van der Waals surface area contributed by atoms with E-state index in [1.807, 2.05) is 20.8 Å². The molecule has 0 aromatic carbocycles. The van der Waals surface area contributed by atoms with Crippen LogP contribution >= 0.6 is 11.3 Å². The molecule has 0 fully saturated rings. The molecule has 3 rings (SSSR count). The second-order valence-electron chi connectivity index (χ2n) is 6.81. The number of hydrogen-bond donors (Lipinski definition) is 1. The fourth-order valence-electron chi connectivity index (χ4n) is 3.21. The van der Waals surface area contributed by atoms with Crippen molar-refractivity contribution in [3.8, 4) is 0 Å². The Morgan fingerprint density at radius 3 is 2.68 bits per heavy atom. The zero-order valence-corrected chi connectivity index (χ0v) is 17.1. The summed E-state index contributed by atoms with van der Waals surface area (Å²) in [5.74, 6) is -1.52. The minimum atomic E-state index is -0.765. The summed E-state index contributed by atoms with van der Waals surface area (Å²) in [7, 11) is 0. The Kier molecular flexibility index (Phi) is 5.90. The van der Waals surface area contributed by atoms with Gasteiger partial charge in [0, 0.05) is 12.7 Å². The number of Topliss-reactive ketones (excluding diaryl/α,β-unsaturated/α-hetero) is 1. The van der Waals surface area contributed by atoms with Crippen LogP contribution < -0.4 is 0 Å². The topological polar surface area (TPSA) is 92.6 Å². The maximum atomic E-state index is 13.3. The smallest absolute Gasteiger partial charge is 0.290 e. The number of carbonyl (C=O) groups is 2. The van der Waals surface area contributed by atoms with Crippen LogP contribution in [0.2, 0.25) is 0 Å². The lowest BCUT2D eigenvalue weighted by Gasteiger charge is -2.26. The molecule has 2 aromatic heterocycles. The molecule has 0 spiro atoms. The molecule has 28 heavy (non-hydrogen) atoms. The van der Waals surface area contributed by atoms with Crippen LogP contribution in [0.4, 0.5) is 0 Å². The Morgan fingerprint density at radius 2 is 2.11 bits per heavy atom. The van der Waals surface area contributed by atoms with Crippen molar-refractivity contribution in [1.82, 2.24) is 14.9 Å². The van der Waals surface area contributed by atoms with E-state index in [-0.39, 0.29) is 18.2 Å². The van der Waals surface area contributed by atoms with Gasteiger partial charge in [-0.15, -0.1) is 11.3 Å². The maximum absolute atomic E-state index is 13.3. The van der Waals surface area contributed by atoms with Crippen molar-refractivity contribution < 1.29 is 19.4 Å². The molecule has 0 saturated heterocycles. The molecule has 1 atom stereocenters. The van der Waals surface area contributed by atoms with Crippen LogP contribution in [0.5, 0.6) is 0 Å². The largest absolute Gasteiger partial charge is 0.503 e. The number of aryl methyl sites for hydroxylation is 2. The second kappa shape index (κ2) is 8.20. The number of carbonyl (C=O) groups excluding carboxylic acids is 2. The molecule has 2 aromatic rings. The van der Waals surface area contributed by atoms with Gasteiger partial charge in [0.25, 0.3) is 5.91 Å². The number of thiazole rings is 1. The summed E-state index contributed by atoms with van der Waals surface area (Å²) in [5, 5.41) is 11.3. The number of rotatable bonds is 7. The van der Waals surface area contributed by atoms with Crippen molar-refractivity contribution in [2.45, 2.75) is 39.8 Å². The minimum Gasteiger partial charge on any atom is -0.503 e. The fourth-order valence-corrected chi connectivity index (χ4v) is 4.09. The predicted octanol–water partition coefficient (Wildman–Crippen LogP) is 3.16. The summed E-state index contributed by atoms with van der Waals surface area (Å²) in [6.45, 7) is 7.90. The van der Waals surface area contributed by atoms with Crippen LogP contribution in [0.15, 0.2) is 35.7 Å². The van der Waals surface area contributed by atoms with Gasteiger partial charge in [0.1, 0.15) is 6.04 Å². The molecule has 1 amide bonds. The first-order valence-electron chi connectivity index (χ1n) is 9.06. The normalized spacial score (nSPS) is 17.1. The zero-order valence-electron chi connectivity index (χ0n) is 16.3. The number of aromatic nitrogens is 2. The molecular weight excluding hydrogens is 378 g/mol. The summed E-state index contributed by atoms with van der Waals surface area (Å²) in [4.78, 5) is 36.5. The summed E-state index contributed by atoms with van der Waals surface area (Å²) >= 11 is 1.25. The molecule has 1 unspecified atom stereocenters. The van der Waals surface area contributed by atoms with E-state index in [0.717, 1.165) is 5.01 Å². The Hall–Kier alpha value is -2.58. The molecule has 7 nitrogen and oxygen atoms in total. The average molecular weight is 401 g/mol. The van der Waals surface area contributed by atoms with Gasteiger partial charge in [-0.2, -0.15) is 0 Å². The monoisotopic (exact) mass is 401 g/mol. The highest BCUT2D eigenvalue weighted by Crippen LogP contribution is 2.39. The molecule has 0 bridgehead atoms. The van der Waals surface area contributed by atoms with Crippen LogP contribution in [0, 0.1) is 13.8 Å². The van der Waals surface area contributed by atoms with E-state index in [1.54, 1.807) is 31.3 Å². The van der Waals surface area contributed by atoms with Gasteiger partial charge in [-0.25, -0.2) is 4.98 Å². The summed E-state index contributed by atoms with van der Waals surface area (Å²) in [5.41, 5.74) is 1.15. The molecular formula is C20H23N3O4S. The molecule has 1 N–H and O–H groups in total. The number of nitrogens with zero attached hydrogens (tertiary/aromatic N) is 3. The van der Waals surface area contributed by atoms with E-state index in [1.165, 1.54) is 16.2 Å². The van der Waals surface area contributed by atoms with E-state index >= 15 is 0 Å². The Balaban J connectivity index is 2.01. The molecule has 0 saturated carbocycles. The first-order valence-corrected chi connectivity index (χ1v) is 9.88. The second-order valence-corrected chi connectivity index (χ2v) is 8.02. The third-order valence-electron chi connectivity index (χ3n) is 4.41. The highest BCUT2D eigenvalue weighted by atomic mass is 32.1. The standard InChI is InChI=1S/C20H23N3O4S/c1-11(2)27-10-9-23-16(14-7-5-6-8-21-14)15(18(25)20(23)26)17(24)19-12(3)22-13(4)28-19/h5-8,11,16,25H,9-10H2,1-4H3. The number of aliphatic hydroxyl groups is 1. The third kappa shape index (κ3) is 3.83. The van der Waals surface area contributed by atoms with Crippen molar-refractivity contribution in [2.24, 2.45) is 0 Å². The van der Waals surface area contributed by atoms with Gasteiger partial charge in [0.15, 0.2) is 5.76 Å². The van der Waals surface area contributed by atoms with Crippen molar-refractivity contribution in [2.75, 3.05) is 13.2 Å². The molecule has 0 aliphatic carbocycles. The summed E-state index contributed by atoms with van der Waals surface area (Å²) in [6.07, 6.45) is 1.61. The summed E-state index contributed by atoms with van der Waals surface area (Å²) in [6, 6.07) is 4.52. The number of amides is 1. The van der Waals surface area contributed by atoms with Crippen molar-refractivity contribution in [1.29, 1.82) is 0 Å². The van der Waals surface area contributed by atoms with Gasteiger partial charge in [0.2, 0.25) is 5.78 Å². The van der Waals surface area contributed by atoms with Crippen molar-refractivity contribution >= 4 is 23.0 Å². The number of hydrogen-bond acceptors (Lipinski definition) is 7. The van der Waals surface area contributed by atoms with Gasteiger partial charge in [-0.1, -0.05) is 6.07 Å². The molecule has 1 aliphatic heterocycles. The number of aliphatic hydroxyl groups excluding tert-OH is 1. The number of ketones is 1. The van der Waals surface area contributed by atoms with Crippen LogP contribution in [0.25, 0.3) is 0 Å². The average Bonchev–Trinajstić information content (AvgIpc) is 3.12. The van der Waals surface area contributed by atoms with Crippen LogP contribution in [-0.4, -0.2) is 50.9 Å². The highest BCUT2D eigenvalue weighted by molar-refractivity contribution is 7.14. The highest BCUT2D eigenvalue weighted by Gasteiger charge is 2.44. The van der Waals surface area contributed by atoms with Gasteiger partial charge < -0.3 is 14.7 Å². The number of ether oxygens (including phenoxy) is 1. The lowest BCUT2D eigenvalue weighted by Crippen LogP contribution is -2.35. The van der Waals surface area contributed by atoms with Gasteiger partial charge in [-0.05, 0) is 39.8 Å². The Morgan fingerprint density at radius 1 is 1.36 bits per heavy atom. The van der Waals surface area contributed by atoms with Crippen LogP contribution in [0.1, 0.15) is 46.0 Å². The Labute approximate surface area is 167 Å². The van der Waals surface area contributed by atoms with E-state index in [4.69, 9.17) is 4.74 Å². The molecule has 1 aliphatic rings. The van der Waals surface area contributed by atoms with Crippen LogP contribution in [-0.2, 0) is 9.53 Å². The molecule has 148 valence electrons. The lowest BCUT2D eigenvalue weighted by atomic mass is 9.98. The van der Waals surface area contributed by atoms with Gasteiger partial charge >= 0.3 is 0 Å². The molecule has 3 heterocycles. The van der Waals surface area contributed by atoms with E-state index in [2.05, 4.69) is 9.97 Å². The Bertz CT molecular complexity index is 921. The third-order valence-corrected chi connectivity index (χ3v) is 5.48. The molecule has 8 heteroatoms. The first kappa shape index (κ1) is 20.2. The van der Waals surface area contributed by atoms with E-state index < -0.39 is 23.5 Å². The maximum Gasteiger partial charge on any atom is 0.290 e. The predicted molar refractivity (Wildman–Crippen MR) is 105 cm³/mol. The van der Waals surface area contributed by atoms with E-state index in [9.17, 15) is 14.7 Å².